The Labute approximate surface area is 113 Å². The van der Waals surface area contributed by atoms with Crippen LogP contribution >= 0.6 is 0 Å². The Morgan fingerprint density at radius 2 is 1.39 bits per heavy atom. The summed E-state index contributed by atoms with van der Waals surface area (Å²) in [5.41, 5.74) is 0. The Bertz CT molecular complexity index is 312. The zero-order valence-electron chi connectivity index (χ0n) is 12.1. The minimum Gasteiger partial charge on any atom is -0.106 e. The van der Waals surface area contributed by atoms with Crippen molar-refractivity contribution in [1.82, 2.24) is 0 Å². The fourth-order valence-electron chi connectivity index (χ4n) is 4.02. The van der Waals surface area contributed by atoms with E-state index in [0.29, 0.717) is 5.92 Å². The van der Waals surface area contributed by atoms with E-state index in [2.05, 4.69) is 30.9 Å². The van der Waals surface area contributed by atoms with Crippen molar-refractivity contribution in [1.29, 1.82) is 0 Å². The van der Waals surface area contributed by atoms with E-state index in [1.165, 1.54) is 51.4 Å². The number of hydrogen-bond acceptors (Lipinski definition) is 0. The highest BCUT2D eigenvalue weighted by molar-refractivity contribution is 5.02. The average molecular weight is 244 g/mol. The van der Waals surface area contributed by atoms with Gasteiger partial charge in [-0.25, -0.2) is 0 Å². The van der Waals surface area contributed by atoms with E-state index in [9.17, 15) is 0 Å². The molecule has 0 saturated heterocycles. The second-order valence-corrected chi connectivity index (χ2v) is 6.21. The van der Waals surface area contributed by atoms with Crippen LogP contribution in [-0.4, -0.2) is 0 Å². The van der Waals surface area contributed by atoms with E-state index in [0.717, 1.165) is 17.8 Å². The number of rotatable bonds is 2. The Morgan fingerprint density at radius 3 is 1.89 bits per heavy atom. The first-order valence-electron chi connectivity index (χ1n) is 7.88. The third-order valence-electron chi connectivity index (χ3n) is 5.07. The number of hydrogen-bond donors (Lipinski definition) is 0. The van der Waals surface area contributed by atoms with Crippen LogP contribution in [-0.2, 0) is 0 Å². The van der Waals surface area contributed by atoms with Gasteiger partial charge in [0, 0.05) is 5.92 Å². The van der Waals surface area contributed by atoms with E-state index in [1.54, 1.807) is 0 Å². The molecule has 0 heteroatoms. The van der Waals surface area contributed by atoms with Gasteiger partial charge in [0.1, 0.15) is 0 Å². The third kappa shape index (κ3) is 3.64. The predicted octanol–water partition coefficient (Wildman–Crippen LogP) is 5.20. The van der Waals surface area contributed by atoms with Crippen LogP contribution in [0.1, 0.15) is 65.2 Å². The molecule has 0 radical (unpaired) electrons. The molecule has 0 aromatic carbocycles. The van der Waals surface area contributed by atoms with Crippen LogP contribution in [0.4, 0.5) is 0 Å². The molecule has 2 rings (SSSR count). The normalized spacial score (nSPS) is 37.2. The highest BCUT2D eigenvalue weighted by atomic mass is 14.3. The summed E-state index contributed by atoms with van der Waals surface area (Å²) in [6, 6.07) is 0. The molecule has 0 amide bonds. The van der Waals surface area contributed by atoms with Crippen LogP contribution in [0.3, 0.4) is 0 Å². The van der Waals surface area contributed by atoms with Gasteiger partial charge in [0.2, 0.25) is 0 Å². The van der Waals surface area contributed by atoms with Crippen LogP contribution in [0.2, 0.25) is 0 Å². The fraction of sp³-hybridized carbons (Fsp3) is 0.778. The van der Waals surface area contributed by atoms with Gasteiger partial charge in [-0.3, -0.25) is 0 Å². The summed E-state index contributed by atoms with van der Waals surface area (Å²) in [6.45, 7) is 4.14. The van der Waals surface area contributed by atoms with E-state index in [1.807, 2.05) is 6.92 Å². The van der Waals surface area contributed by atoms with Crippen molar-refractivity contribution >= 4 is 0 Å². The van der Waals surface area contributed by atoms with Crippen molar-refractivity contribution in [3.05, 3.63) is 12.2 Å². The fourth-order valence-corrected chi connectivity index (χ4v) is 4.02. The second-order valence-electron chi connectivity index (χ2n) is 6.21. The smallest absolute Gasteiger partial charge is 0.0203 e. The molecule has 2 aliphatic carbocycles. The minimum absolute atomic E-state index is 0.714. The van der Waals surface area contributed by atoms with Gasteiger partial charge in [-0.2, -0.15) is 0 Å². The maximum absolute atomic E-state index is 3.37. The van der Waals surface area contributed by atoms with Gasteiger partial charge in [0.15, 0.2) is 0 Å². The third-order valence-corrected chi connectivity index (χ3v) is 5.07. The molecular weight excluding hydrogens is 216 g/mol. The lowest BCUT2D eigenvalue weighted by Crippen LogP contribution is -2.25. The van der Waals surface area contributed by atoms with Crippen molar-refractivity contribution in [2.24, 2.45) is 23.7 Å². The van der Waals surface area contributed by atoms with Gasteiger partial charge < -0.3 is 0 Å². The Kier molecular flexibility index (Phi) is 5.36. The van der Waals surface area contributed by atoms with Gasteiger partial charge in [-0.05, 0) is 83.0 Å². The largest absolute Gasteiger partial charge is 0.106 e. The summed E-state index contributed by atoms with van der Waals surface area (Å²) in [5.74, 6) is 10.1. The Balaban J connectivity index is 1.75. The molecule has 0 heterocycles. The molecule has 0 spiro atoms. The molecule has 0 nitrogen and oxygen atoms in total. The van der Waals surface area contributed by atoms with E-state index in [-0.39, 0.29) is 0 Å². The standard InChI is InChI=1S/C18H28/c1-3-5-15-7-11-17(12-8-15)18-13-9-16(6-4-2)10-14-18/h3,5,15-18H,7-14H2,1-2H3/b5-3+/t15-,16-,17-,18-. The maximum atomic E-state index is 3.37. The first kappa shape index (κ1) is 13.7. The first-order chi connectivity index (χ1) is 8.83. The first-order valence-corrected chi connectivity index (χ1v) is 7.88. The predicted molar refractivity (Wildman–Crippen MR) is 79.2 cm³/mol. The lowest BCUT2D eigenvalue weighted by molar-refractivity contribution is 0.168. The van der Waals surface area contributed by atoms with Crippen molar-refractivity contribution in [3.63, 3.8) is 0 Å². The van der Waals surface area contributed by atoms with Crippen molar-refractivity contribution in [3.8, 4) is 11.8 Å². The molecule has 0 aromatic heterocycles. The Morgan fingerprint density at radius 1 is 0.833 bits per heavy atom. The molecule has 0 bridgehead atoms. The van der Waals surface area contributed by atoms with E-state index >= 15 is 0 Å². The molecule has 2 fully saturated rings. The van der Waals surface area contributed by atoms with Gasteiger partial charge in [-0.1, -0.05) is 12.2 Å². The van der Waals surface area contributed by atoms with Gasteiger partial charge in [0.05, 0.1) is 0 Å². The average Bonchev–Trinajstić information content (AvgIpc) is 2.41. The monoisotopic (exact) mass is 244 g/mol. The van der Waals surface area contributed by atoms with Crippen molar-refractivity contribution < 1.29 is 0 Å². The summed E-state index contributed by atoms with van der Waals surface area (Å²) >= 11 is 0. The van der Waals surface area contributed by atoms with Gasteiger partial charge in [-0.15, -0.1) is 11.8 Å². The van der Waals surface area contributed by atoms with Crippen molar-refractivity contribution in [2.75, 3.05) is 0 Å². The molecule has 18 heavy (non-hydrogen) atoms. The lowest BCUT2D eigenvalue weighted by atomic mass is 9.69. The highest BCUT2D eigenvalue weighted by Crippen LogP contribution is 2.41. The molecule has 2 aliphatic rings. The highest BCUT2D eigenvalue weighted by Gasteiger charge is 2.29. The summed E-state index contributed by atoms with van der Waals surface area (Å²) in [7, 11) is 0. The van der Waals surface area contributed by atoms with Gasteiger partial charge in [0.25, 0.3) is 0 Å². The second kappa shape index (κ2) is 7.03. The molecule has 2 saturated carbocycles. The molecular formula is C18H28. The minimum atomic E-state index is 0.714. The topological polar surface area (TPSA) is 0 Å². The van der Waals surface area contributed by atoms with Gasteiger partial charge >= 0.3 is 0 Å². The zero-order chi connectivity index (χ0) is 12.8. The molecule has 100 valence electrons. The molecule has 0 aliphatic heterocycles. The van der Waals surface area contributed by atoms with Crippen molar-refractivity contribution in [2.45, 2.75) is 65.2 Å². The van der Waals surface area contributed by atoms with E-state index in [4.69, 9.17) is 0 Å². The van der Waals surface area contributed by atoms with Crippen LogP contribution in [0.15, 0.2) is 12.2 Å². The molecule has 0 atom stereocenters. The van der Waals surface area contributed by atoms with Crippen LogP contribution < -0.4 is 0 Å². The lowest BCUT2D eigenvalue weighted by Gasteiger charge is -2.36. The zero-order valence-corrected chi connectivity index (χ0v) is 12.1. The summed E-state index contributed by atoms with van der Waals surface area (Å²) in [5, 5.41) is 0. The quantitative estimate of drug-likeness (QED) is 0.463. The maximum Gasteiger partial charge on any atom is 0.0203 e. The number of allylic oxidation sites excluding steroid dienone is 2. The molecule has 0 unspecified atom stereocenters. The summed E-state index contributed by atoms with van der Waals surface area (Å²) < 4.78 is 0. The summed E-state index contributed by atoms with van der Waals surface area (Å²) in [4.78, 5) is 0. The molecule has 0 aromatic rings. The molecule has 0 N–H and O–H groups in total. The van der Waals surface area contributed by atoms with Crippen LogP contribution in [0.5, 0.6) is 0 Å². The van der Waals surface area contributed by atoms with Crippen LogP contribution in [0, 0.1) is 35.5 Å². The van der Waals surface area contributed by atoms with Crippen LogP contribution in [0.25, 0.3) is 0 Å². The summed E-state index contributed by atoms with van der Waals surface area (Å²) in [6.07, 6.45) is 16.1. The van der Waals surface area contributed by atoms with E-state index < -0.39 is 0 Å². The Hall–Kier alpha value is -0.700. The SMILES string of the molecule is CC#C[C@H]1CC[C@H]([C@H]2CC[C@H](/C=C/C)CC2)CC1.